The first kappa shape index (κ1) is 15.3. The van der Waals surface area contributed by atoms with Gasteiger partial charge in [0.15, 0.2) is 0 Å². The summed E-state index contributed by atoms with van der Waals surface area (Å²) in [5, 5.41) is 11.5. The van der Waals surface area contributed by atoms with E-state index >= 15 is 0 Å². The minimum absolute atomic E-state index is 0. The smallest absolute Gasteiger partial charge is 0.258 e. The van der Waals surface area contributed by atoms with E-state index in [4.69, 9.17) is 17.5 Å². The van der Waals surface area contributed by atoms with Crippen LogP contribution in [0.5, 0.6) is 5.75 Å². The number of hydrogen-bond acceptors (Lipinski definition) is 3. The van der Waals surface area contributed by atoms with Crippen LogP contribution >= 0.6 is 46.8 Å². The number of hydrogen-bond donors (Lipinski definition) is 3. The van der Waals surface area contributed by atoms with Gasteiger partial charge in [-0.15, -0.1) is 16.9 Å². The lowest BCUT2D eigenvalue weighted by Crippen LogP contribution is -2.36. The molecule has 0 unspecified atom stereocenters. The summed E-state index contributed by atoms with van der Waals surface area (Å²) in [6.07, 6.45) is 0. The molecule has 16 heavy (non-hydrogen) atoms. The number of halogens is 3. The molecule has 0 bridgehead atoms. The third-order valence-corrected chi connectivity index (χ3v) is 2.59. The topological polar surface area (TPSA) is 87.7 Å². The van der Waals surface area contributed by atoms with Crippen LogP contribution in [0.15, 0.2) is 22.7 Å². The van der Waals surface area contributed by atoms with Gasteiger partial charge in [0.05, 0.1) is 3.57 Å². The van der Waals surface area contributed by atoms with Crippen molar-refractivity contribution in [2.24, 2.45) is 10.2 Å². The standard InChI is InChI=1S/C8H7ClIN3O2.ClH/c9-13-8(11)12-7(15)4-1-2-6(14)5(10)3-4;/h1-3,14H,(H3,11,12,13,15);1H. The van der Waals surface area contributed by atoms with Gasteiger partial charge in [-0.2, -0.15) is 0 Å². The third kappa shape index (κ3) is 4.03. The van der Waals surface area contributed by atoms with E-state index in [0.717, 1.165) is 0 Å². The van der Waals surface area contributed by atoms with Crippen LogP contribution in [0.3, 0.4) is 0 Å². The van der Waals surface area contributed by atoms with E-state index < -0.39 is 5.91 Å². The van der Waals surface area contributed by atoms with Crippen LogP contribution in [0, 0.1) is 3.57 Å². The fourth-order valence-electron chi connectivity index (χ4n) is 0.858. The van der Waals surface area contributed by atoms with Crippen molar-refractivity contribution in [2.75, 3.05) is 0 Å². The fourth-order valence-corrected chi connectivity index (χ4v) is 1.42. The monoisotopic (exact) mass is 375 g/mol. The van der Waals surface area contributed by atoms with Gasteiger partial charge in [0.2, 0.25) is 5.96 Å². The summed E-state index contributed by atoms with van der Waals surface area (Å²) in [6.45, 7) is 0. The van der Waals surface area contributed by atoms with Crippen molar-refractivity contribution in [2.45, 2.75) is 0 Å². The highest BCUT2D eigenvalue weighted by Gasteiger charge is 2.08. The van der Waals surface area contributed by atoms with Crippen LogP contribution in [0.1, 0.15) is 10.4 Å². The maximum absolute atomic E-state index is 11.5. The molecule has 0 atom stereocenters. The Morgan fingerprint density at radius 1 is 1.56 bits per heavy atom. The summed E-state index contributed by atoms with van der Waals surface area (Å²) in [7, 11) is 0. The molecule has 0 saturated heterocycles. The molecule has 1 aromatic carbocycles. The van der Waals surface area contributed by atoms with Crippen molar-refractivity contribution in [3.05, 3.63) is 27.3 Å². The Hall–Kier alpha value is -0.730. The first-order valence-corrected chi connectivity index (χ1v) is 5.20. The van der Waals surface area contributed by atoms with Gasteiger partial charge in [-0.25, -0.2) is 0 Å². The lowest BCUT2D eigenvalue weighted by molar-refractivity contribution is 0.0976. The predicted molar refractivity (Wildman–Crippen MR) is 73.0 cm³/mol. The summed E-state index contributed by atoms with van der Waals surface area (Å²) < 4.78 is 3.65. The highest BCUT2D eigenvalue weighted by molar-refractivity contribution is 14.1. The van der Waals surface area contributed by atoms with Crippen molar-refractivity contribution >= 4 is 58.6 Å². The number of rotatable bonds is 1. The Morgan fingerprint density at radius 3 is 2.69 bits per heavy atom. The molecular formula is C8H8Cl2IN3O2. The summed E-state index contributed by atoms with van der Waals surface area (Å²) in [5.74, 6) is -0.495. The predicted octanol–water partition coefficient (Wildman–Crippen LogP) is 1.62. The highest BCUT2D eigenvalue weighted by Crippen LogP contribution is 2.19. The molecule has 8 heteroatoms. The molecule has 0 aromatic heterocycles. The summed E-state index contributed by atoms with van der Waals surface area (Å²) in [4.78, 5) is 11.5. The van der Waals surface area contributed by atoms with Crippen LogP contribution in [0.4, 0.5) is 0 Å². The SMILES string of the molecule is Cl.NC(=NCl)NC(=O)c1ccc(O)c(I)c1. The maximum Gasteiger partial charge on any atom is 0.258 e. The number of nitrogens with zero attached hydrogens (tertiary/aromatic N) is 1. The van der Waals surface area contributed by atoms with E-state index in [2.05, 4.69) is 9.83 Å². The first-order valence-electron chi connectivity index (χ1n) is 3.79. The quantitative estimate of drug-likeness (QED) is 0.396. The molecule has 0 spiro atoms. The Balaban J connectivity index is 0.00000225. The molecule has 1 aromatic rings. The largest absolute Gasteiger partial charge is 0.507 e. The zero-order valence-corrected chi connectivity index (χ0v) is 11.5. The van der Waals surface area contributed by atoms with Gasteiger partial charge in [0.25, 0.3) is 5.91 Å². The number of carbonyl (C=O) groups excluding carboxylic acids is 1. The zero-order chi connectivity index (χ0) is 11.4. The molecule has 0 aliphatic rings. The van der Waals surface area contributed by atoms with Crippen LogP contribution in [0.25, 0.3) is 0 Å². The van der Waals surface area contributed by atoms with Crippen LogP contribution in [0.2, 0.25) is 0 Å². The molecule has 0 aliphatic carbocycles. The van der Waals surface area contributed by atoms with Gasteiger partial charge in [-0.05, 0) is 40.8 Å². The molecule has 1 rings (SSSR count). The minimum atomic E-state index is -0.435. The van der Waals surface area contributed by atoms with E-state index in [1.165, 1.54) is 18.2 Å². The van der Waals surface area contributed by atoms with Gasteiger partial charge in [0.1, 0.15) is 5.75 Å². The highest BCUT2D eigenvalue weighted by atomic mass is 127. The van der Waals surface area contributed by atoms with Crippen molar-refractivity contribution in [1.29, 1.82) is 0 Å². The lowest BCUT2D eigenvalue weighted by Gasteiger charge is -2.04. The number of guanidine groups is 1. The van der Waals surface area contributed by atoms with Gasteiger partial charge in [0, 0.05) is 17.3 Å². The number of amides is 1. The molecular weight excluding hydrogens is 368 g/mol. The number of nitrogens with two attached hydrogens (primary N) is 1. The van der Waals surface area contributed by atoms with Crippen LogP contribution in [-0.4, -0.2) is 17.0 Å². The first-order chi connectivity index (χ1) is 7.04. The lowest BCUT2D eigenvalue weighted by atomic mass is 10.2. The van der Waals surface area contributed by atoms with Gasteiger partial charge in [-0.3, -0.25) is 10.1 Å². The van der Waals surface area contributed by atoms with Crippen LogP contribution in [-0.2, 0) is 0 Å². The number of benzene rings is 1. The molecule has 5 nitrogen and oxygen atoms in total. The van der Waals surface area contributed by atoms with E-state index in [-0.39, 0.29) is 24.1 Å². The second-order valence-corrected chi connectivity index (χ2v) is 3.92. The number of carbonyl (C=O) groups is 1. The molecule has 4 N–H and O–H groups in total. The van der Waals surface area contributed by atoms with Crippen LogP contribution < -0.4 is 11.1 Å². The number of phenolic OH excluding ortho intramolecular Hbond substituents is 1. The average molecular weight is 376 g/mol. The second kappa shape index (κ2) is 6.77. The van der Waals surface area contributed by atoms with Gasteiger partial charge < -0.3 is 10.8 Å². The third-order valence-electron chi connectivity index (χ3n) is 1.54. The molecule has 0 heterocycles. The van der Waals surface area contributed by atoms with E-state index in [0.29, 0.717) is 9.13 Å². The number of aromatic hydroxyl groups is 1. The second-order valence-electron chi connectivity index (χ2n) is 2.59. The summed E-state index contributed by atoms with van der Waals surface area (Å²) in [6, 6.07) is 4.41. The summed E-state index contributed by atoms with van der Waals surface area (Å²) >= 11 is 6.96. The normalized spacial score (nSPS) is 10.5. The Labute approximate surface area is 117 Å². The average Bonchev–Trinajstić information content (AvgIpc) is 2.21. The molecule has 0 saturated carbocycles. The van der Waals surface area contributed by atoms with Crippen molar-refractivity contribution in [1.82, 2.24) is 5.32 Å². The molecule has 88 valence electrons. The molecule has 0 radical (unpaired) electrons. The van der Waals surface area contributed by atoms with Crippen molar-refractivity contribution < 1.29 is 9.90 Å². The molecule has 0 aliphatic heterocycles. The van der Waals surface area contributed by atoms with Crippen molar-refractivity contribution in [3.63, 3.8) is 0 Å². The summed E-state index contributed by atoms with van der Waals surface area (Å²) in [5.41, 5.74) is 5.58. The van der Waals surface area contributed by atoms with E-state index in [1.807, 2.05) is 22.6 Å². The Bertz CT molecular complexity index is 426. The number of nitrogens with one attached hydrogen (secondary N) is 1. The Kier molecular flexibility index (Phi) is 6.46. The van der Waals surface area contributed by atoms with Crippen molar-refractivity contribution in [3.8, 4) is 5.75 Å². The van der Waals surface area contributed by atoms with Gasteiger partial charge in [-0.1, -0.05) is 0 Å². The fraction of sp³-hybridized carbons (Fsp3) is 0. The van der Waals surface area contributed by atoms with E-state index in [9.17, 15) is 9.90 Å². The maximum atomic E-state index is 11.5. The minimum Gasteiger partial charge on any atom is -0.507 e. The number of phenols is 1. The molecule has 1 amide bonds. The Morgan fingerprint density at radius 2 is 2.19 bits per heavy atom. The van der Waals surface area contributed by atoms with E-state index in [1.54, 1.807) is 0 Å². The zero-order valence-electron chi connectivity index (χ0n) is 7.78. The molecule has 0 fully saturated rings. The van der Waals surface area contributed by atoms with Gasteiger partial charge >= 0.3 is 0 Å².